The Morgan fingerprint density at radius 1 is 0.857 bits per heavy atom. The van der Waals surface area contributed by atoms with Crippen molar-refractivity contribution in [3.05, 3.63) is 83.4 Å². The third-order valence-electron chi connectivity index (χ3n) is 3.85. The maximum absolute atomic E-state index is 12.2. The van der Waals surface area contributed by atoms with E-state index < -0.39 is 0 Å². The van der Waals surface area contributed by atoms with Gasteiger partial charge in [-0.05, 0) is 66.8 Å². The third kappa shape index (κ3) is 5.22. The molecular formula is C21H18ClN3O2S. The van der Waals surface area contributed by atoms with E-state index in [2.05, 4.69) is 16.0 Å². The summed E-state index contributed by atoms with van der Waals surface area (Å²) in [7, 11) is 1.56. The van der Waals surface area contributed by atoms with Crippen LogP contribution in [0.5, 0.6) is 5.75 Å². The van der Waals surface area contributed by atoms with Crippen molar-refractivity contribution < 1.29 is 9.53 Å². The molecule has 0 atom stereocenters. The van der Waals surface area contributed by atoms with Gasteiger partial charge in [0.15, 0.2) is 5.11 Å². The Hall–Kier alpha value is -3.09. The Balaban J connectivity index is 1.57. The number of carbonyl (C=O) groups excluding carboxylic acids is 1. The molecule has 3 aromatic rings. The molecule has 0 unspecified atom stereocenters. The first-order valence-corrected chi connectivity index (χ1v) is 9.22. The fourth-order valence-corrected chi connectivity index (χ4v) is 2.96. The zero-order valence-corrected chi connectivity index (χ0v) is 16.6. The SMILES string of the molecule is COc1ccc(NC(=S)Nc2ccc(NC(=O)c3ccccc3)cc2)cc1Cl. The summed E-state index contributed by atoms with van der Waals surface area (Å²) in [5.41, 5.74) is 2.83. The number of benzene rings is 3. The fourth-order valence-electron chi connectivity index (χ4n) is 2.47. The van der Waals surface area contributed by atoms with E-state index in [1.54, 1.807) is 43.5 Å². The first kappa shape index (κ1) is 19.7. The Kier molecular flexibility index (Phi) is 6.47. The Bertz CT molecular complexity index is 979. The van der Waals surface area contributed by atoms with E-state index >= 15 is 0 Å². The summed E-state index contributed by atoms with van der Waals surface area (Å²) >= 11 is 11.4. The monoisotopic (exact) mass is 411 g/mol. The van der Waals surface area contributed by atoms with Gasteiger partial charge in [0.05, 0.1) is 12.1 Å². The minimum atomic E-state index is -0.158. The van der Waals surface area contributed by atoms with Crippen molar-refractivity contribution in [2.24, 2.45) is 0 Å². The minimum Gasteiger partial charge on any atom is -0.495 e. The Labute approximate surface area is 173 Å². The van der Waals surface area contributed by atoms with Gasteiger partial charge in [-0.15, -0.1) is 0 Å². The van der Waals surface area contributed by atoms with E-state index in [1.807, 2.05) is 36.4 Å². The average Bonchev–Trinajstić information content (AvgIpc) is 2.70. The molecular weight excluding hydrogens is 394 g/mol. The maximum atomic E-state index is 12.2. The highest BCUT2D eigenvalue weighted by molar-refractivity contribution is 7.80. The van der Waals surface area contributed by atoms with E-state index in [-0.39, 0.29) is 5.91 Å². The van der Waals surface area contributed by atoms with Crippen molar-refractivity contribution in [1.82, 2.24) is 0 Å². The van der Waals surface area contributed by atoms with E-state index in [9.17, 15) is 4.79 Å². The zero-order chi connectivity index (χ0) is 19.9. The smallest absolute Gasteiger partial charge is 0.255 e. The highest BCUT2D eigenvalue weighted by Gasteiger charge is 2.06. The zero-order valence-electron chi connectivity index (χ0n) is 15.0. The molecule has 3 N–H and O–H groups in total. The number of halogens is 1. The number of amides is 1. The molecule has 0 aliphatic carbocycles. The van der Waals surface area contributed by atoms with Gasteiger partial charge in [0.1, 0.15) is 5.75 Å². The lowest BCUT2D eigenvalue weighted by atomic mass is 10.2. The number of nitrogens with one attached hydrogen (secondary N) is 3. The number of thiocarbonyl (C=S) groups is 1. The lowest BCUT2D eigenvalue weighted by molar-refractivity contribution is 0.102. The van der Waals surface area contributed by atoms with Crippen LogP contribution >= 0.6 is 23.8 Å². The highest BCUT2D eigenvalue weighted by atomic mass is 35.5. The molecule has 0 spiro atoms. The number of rotatable bonds is 5. The van der Waals surface area contributed by atoms with Crippen molar-refractivity contribution in [2.75, 3.05) is 23.1 Å². The van der Waals surface area contributed by atoms with Gasteiger partial charge < -0.3 is 20.7 Å². The van der Waals surface area contributed by atoms with Crippen LogP contribution in [0.4, 0.5) is 17.1 Å². The predicted molar refractivity (Wildman–Crippen MR) is 119 cm³/mol. The van der Waals surface area contributed by atoms with Gasteiger partial charge in [0.25, 0.3) is 5.91 Å². The van der Waals surface area contributed by atoms with Crippen molar-refractivity contribution in [3.63, 3.8) is 0 Å². The molecule has 28 heavy (non-hydrogen) atoms. The van der Waals surface area contributed by atoms with E-state index in [1.165, 1.54) is 0 Å². The molecule has 0 saturated carbocycles. The average molecular weight is 412 g/mol. The summed E-state index contributed by atoms with van der Waals surface area (Å²) in [6, 6.07) is 21.6. The molecule has 3 rings (SSSR count). The van der Waals surface area contributed by atoms with Crippen LogP contribution < -0.4 is 20.7 Å². The standard InChI is InChI=1S/C21H18ClN3O2S/c1-27-19-12-11-17(13-18(19)22)25-21(28)24-16-9-7-15(8-10-16)23-20(26)14-5-3-2-4-6-14/h2-13H,1H3,(H,23,26)(H2,24,25,28). The van der Waals surface area contributed by atoms with Crippen LogP contribution in [0.2, 0.25) is 5.02 Å². The molecule has 0 aliphatic rings. The van der Waals surface area contributed by atoms with E-state index in [4.69, 9.17) is 28.6 Å². The molecule has 0 bridgehead atoms. The summed E-state index contributed by atoms with van der Waals surface area (Å²) in [4.78, 5) is 12.2. The van der Waals surface area contributed by atoms with Crippen LogP contribution in [0.1, 0.15) is 10.4 Å². The molecule has 0 radical (unpaired) electrons. The number of anilines is 3. The van der Waals surface area contributed by atoms with Crippen molar-refractivity contribution >= 4 is 51.9 Å². The van der Waals surface area contributed by atoms with Crippen LogP contribution in [0.3, 0.4) is 0 Å². The predicted octanol–water partition coefficient (Wildman–Crippen LogP) is 5.41. The summed E-state index contributed by atoms with van der Waals surface area (Å²) < 4.78 is 5.13. The number of hydrogen-bond donors (Lipinski definition) is 3. The van der Waals surface area contributed by atoms with Crippen LogP contribution in [0.25, 0.3) is 0 Å². The van der Waals surface area contributed by atoms with E-state index in [0.717, 1.165) is 11.4 Å². The summed E-state index contributed by atoms with van der Waals surface area (Å²) in [6.45, 7) is 0. The van der Waals surface area contributed by atoms with Crippen LogP contribution in [-0.4, -0.2) is 18.1 Å². The van der Waals surface area contributed by atoms with Crippen LogP contribution in [0.15, 0.2) is 72.8 Å². The second-order valence-electron chi connectivity index (χ2n) is 5.83. The molecule has 0 fully saturated rings. The molecule has 0 aliphatic heterocycles. The molecule has 5 nitrogen and oxygen atoms in total. The number of carbonyl (C=O) groups is 1. The highest BCUT2D eigenvalue weighted by Crippen LogP contribution is 2.27. The van der Waals surface area contributed by atoms with Crippen molar-refractivity contribution in [2.45, 2.75) is 0 Å². The molecule has 1 amide bonds. The normalized spacial score (nSPS) is 10.1. The quantitative estimate of drug-likeness (QED) is 0.490. The van der Waals surface area contributed by atoms with Gasteiger partial charge in [-0.25, -0.2) is 0 Å². The Morgan fingerprint density at radius 2 is 1.43 bits per heavy atom. The number of ether oxygens (including phenoxy) is 1. The molecule has 0 heterocycles. The summed E-state index contributed by atoms with van der Waals surface area (Å²) in [5, 5.41) is 9.91. The van der Waals surface area contributed by atoms with Crippen LogP contribution in [0, 0.1) is 0 Å². The van der Waals surface area contributed by atoms with Gasteiger partial charge >= 0.3 is 0 Å². The fraction of sp³-hybridized carbons (Fsp3) is 0.0476. The lowest BCUT2D eigenvalue weighted by Crippen LogP contribution is -2.19. The number of methoxy groups -OCH3 is 1. The largest absolute Gasteiger partial charge is 0.495 e. The van der Waals surface area contributed by atoms with Gasteiger partial charge in [-0.1, -0.05) is 29.8 Å². The van der Waals surface area contributed by atoms with Gasteiger partial charge in [-0.2, -0.15) is 0 Å². The Morgan fingerprint density at radius 3 is 2.04 bits per heavy atom. The first-order valence-electron chi connectivity index (χ1n) is 8.43. The molecule has 0 saturated heterocycles. The second kappa shape index (κ2) is 9.21. The third-order valence-corrected chi connectivity index (χ3v) is 4.35. The number of hydrogen-bond acceptors (Lipinski definition) is 3. The maximum Gasteiger partial charge on any atom is 0.255 e. The van der Waals surface area contributed by atoms with Gasteiger partial charge in [0, 0.05) is 22.6 Å². The van der Waals surface area contributed by atoms with Crippen molar-refractivity contribution in [1.29, 1.82) is 0 Å². The van der Waals surface area contributed by atoms with Crippen LogP contribution in [-0.2, 0) is 0 Å². The second-order valence-corrected chi connectivity index (χ2v) is 6.64. The topological polar surface area (TPSA) is 62.4 Å². The summed E-state index contributed by atoms with van der Waals surface area (Å²) in [5.74, 6) is 0.439. The molecule has 0 aromatic heterocycles. The van der Waals surface area contributed by atoms with Crippen molar-refractivity contribution in [3.8, 4) is 5.75 Å². The molecule has 142 valence electrons. The first-order chi connectivity index (χ1) is 13.5. The molecule has 7 heteroatoms. The van der Waals surface area contributed by atoms with Gasteiger partial charge in [0.2, 0.25) is 0 Å². The van der Waals surface area contributed by atoms with E-state index in [0.29, 0.717) is 27.1 Å². The molecule has 3 aromatic carbocycles. The minimum absolute atomic E-state index is 0.158. The van der Waals surface area contributed by atoms with Gasteiger partial charge in [-0.3, -0.25) is 4.79 Å². The summed E-state index contributed by atoms with van der Waals surface area (Å²) in [6.07, 6.45) is 0. The lowest BCUT2D eigenvalue weighted by Gasteiger charge is -2.12.